The number of sulfone groups is 2. The zero-order valence-electron chi connectivity index (χ0n) is 16.3. The Morgan fingerprint density at radius 1 is 1.00 bits per heavy atom. The molecule has 0 radical (unpaired) electrons. The van der Waals surface area contributed by atoms with Gasteiger partial charge in [-0.2, -0.15) is 5.10 Å². The van der Waals surface area contributed by atoms with Crippen LogP contribution in [0.3, 0.4) is 0 Å². The summed E-state index contributed by atoms with van der Waals surface area (Å²) in [5, 5.41) is 5.37. The first kappa shape index (κ1) is 20.8. The molecule has 0 atom stereocenters. The molecule has 0 aliphatic carbocycles. The van der Waals surface area contributed by atoms with E-state index in [1.54, 1.807) is 47.1 Å². The second-order valence-electron chi connectivity index (χ2n) is 7.19. The number of fused-ring (bicyclic) bond motifs is 2. The van der Waals surface area contributed by atoms with E-state index >= 15 is 0 Å². The van der Waals surface area contributed by atoms with Gasteiger partial charge in [-0.05, 0) is 30.3 Å². The first-order chi connectivity index (χ1) is 14.0. The van der Waals surface area contributed by atoms with E-state index < -0.39 is 19.7 Å². The summed E-state index contributed by atoms with van der Waals surface area (Å²) in [5.74, 6) is 0.506. The van der Waals surface area contributed by atoms with Gasteiger partial charge in [0.25, 0.3) is 0 Å². The van der Waals surface area contributed by atoms with Gasteiger partial charge in [0, 0.05) is 29.5 Å². The van der Waals surface area contributed by atoms with E-state index in [1.165, 1.54) is 6.26 Å². The van der Waals surface area contributed by atoms with Crippen molar-refractivity contribution in [2.75, 3.05) is 18.3 Å². The molecule has 0 saturated carbocycles. The van der Waals surface area contributed by atoms with E-state index in [4.69, 9.17) is 11.6 Å². The Kier molecular flexibility index (Phi) is 5.11. The molecular weight excluding hydrogens is 448 g/mol. The van der Waals surface area contributed by atoms with E-state index in [0.717, 1.165) is 11.8 Å². The first-order valence-corrected chi connectivity index (χ1v) is 13.3. The fourth-order valence-corrected chi connectivity index (χ4v) is 4.90. The molecule has 0 aliphatic rings. The molecule has 0 unspecified atom stereocenters. The summed E-state index contributed by atoms with van der Waals surface area (Å²) in [6, 6.07) is 12.3. The Bertz CT molecular complexity index is 1490. The number of benzene rings is 2. The fraction of sp³-hybridized carbons (Fsp3) is 0.263. The van der Waals surface area contributed by atoms with Crippen LogP contribution in [0, 0.1) is 0 Å². The number of para-hydroxylation sites is 1. The first-order valence-electron chi connectivity index (χ1n) is 9.01. The van der Waals surface area contributed by atoms with Crippen LogP contribution >= 0.6 is 11.6 Å². The maximum Gasteiger partial charge on any atom is 0.195 e. The summed E-state index contributed by atoms with van der Waals surface area (Å²) in [6.07, 6.45) is 2.30. The summed E-state index contributed by atoms with van der Waals surface area (Å²) in [4.78, 5) is 4.62. The van der Waals surface area contributed by atoms with Crippen LogP contribution in [-0.2, 0) is 32.8 Å². The smallest absolute Gasteiger partial charge is 0.195 e. The molecule has 8 nitrogen and oxygen atoms in total. The van der Waals surface area contributed by atoms with E-state index in [9.17, 15) is 16.8 Å². The minimum Gasteiger partial charge on any atom is -0.325 e. The highest BCUT2D eigenvalue weighted by atomic mass is 35.5. The van der Waals surface area contributed by atoms with Crippen molar-refractivity contribution in [2.24, 2.45) is 0 Å². The van der Waals surface area contributed by atoms with Crippen LogP contribution in [-0.4, -0.2) is 54.4 Å². The maximum atomic E-state index is 12.2. The molecule has 11 heteroatoms. The number of nitrogens with zero attached hydrogens (tertiary/aromatic N) is 4. The maximum absolute atomic E-state index is 12.2. The molecule has 0 fully saturated rings. The quantitative estimate of drug-likeness (QED) is 0.432. The van der Waals surface area contributed by atoms with Crippen molar-refractivity contribution >= 4 is 53.2 Å². The molecule has 4 aromatic rings. The van der Waals surface area contributed by atoms with E-state index in [0.29, 0.717) is 27.3 Å². The van der Waals surface area contributed by atoms with Gasteiger partial charge in [-0.25, -0.2) is 21.8 Å². The highest BCUT2D eigenvalue weighted by Gasteiger charge is 2.21. The topological polar surface area (TPSA) is 104 Å². The zero-order valence-corrected chi connectivity index (χ0v) is 18.7. The van der Waals surface area contributed by atoms with Crippen molar-refractivity contribution in [2.45, 2.75) is 18.1 Å². The van der Waals surface area contributed by atoms with Crippen molar-refractivity contribution in [3.05, 3.63) is 53.3 Å². The normalized spacial score (nSPS) is 12.8. The summed E-state index contributed by atoms with van der Waals surface area (Å²) >= 11 is 6.09. The van der Waals surface area contributed by atoms with Gasteiger partial charge in [0.05, 0.1) is 28.8 Å². The predicted octanol–water partition coefficient (Wildman–Crippen LogP) is 2.54. The lowest BCUT2D eigenvalue weighted by Gasteiger charge is -2.09. The number of imidazole rings is 1. The lowest BCUT2D eigenvalue weighted by molar-refractivity contribution is 0.578. The Balaban J connectivity index is 1.86. The van der Waals surface area contributed by atoms with Gasteiger partial charge in [-0.1, -0.05) is 23.7 Å². The molecule has 2 heterocycles. The Morgan fingerprint density at radius 3 is 2.43 bits per heavy atom. The van der Waals surface area contributed by atoms with Gasteiger partial charge in [-0.15, -0.1) is 0 Å². The number of aryl methyl sites for hydroxylation is 1. The van der Waals surface area contributed by atoms with Crippen LogP contribution in [0.4, 0.5) is 0 Å². The molecule has 2 aromatic heterocycles. The van der Waals surface area contributed by atoms with Crippen molar-refractivity contribution in [1.29, 1.82) is 0 Å². The summed E-state index contributed by atoms with van der Waals surface area (Å²) in [7, 11) is -6.72. The molecule has 30 heavy (non-hydrogen) atoms. The molecule has 0 N–H and O–H groups in total. The van der Waals surface area contributed by atoms with E-state index in [1.807, 2.05) is 4.57 Å². The van der Waals surface area contributed by atoms with Gasteiger partial charge in [-0.3, -0.25) is 4.68 Å². The molecule has 0 spiro atoms. The van der Waals surface area contributed by atoms with Gasteiger partial charge in [0.2, 0.25) is 0 Å². The summed E-state index contributed by atoms with van der Waals surface area (Å²) in [5.41, 5.74) is 2.03. The number of hydrogen-bond acceptors (Lipinski definition) is 6. The lowest BCUT2D eigenvalue weighted by atomic mass is 10.2. The third-order valence-corrected chi connectivity index (χ3v) is 6.90. The molecule has 2 aromatic carbocycles. The van der Waals surface area contributed by atoms with E-state index in [-0.39, 0.29) is 23.9 Å². The Morgan fingerprint density at radius 2 is 1.73 bits per heavy atom. The fourth-order valence-electron chi connectivity index (χ4n) is 3.41. The van der Waals surface area contributed by atoms with Crippen LogP contribution in [0.2, 0.25) is 5.02 Å². The van der Waals surface area contributed by atoms with Gasteiger partial charge < -0.3 is 4.57 Å². The molecule has 158 valence electrons. The molecule has 4 rings (SSSR count). The Labute approximate surface area is 178 Å². The predicted molar refractivity (Wildman–Crippen MR) is 116 cm³/mol. The van der Waals surface area contributed by atoms with Gasteiger partial charge in [0.1, 0.15) is 15.7 Å². The molecule has 0 amide bonds. The second-order valence-corrected chi connectivity index (χ2v) is 11.8. The van der Waals surface area contributed by atoms with Crippen molar-refractivity contribution < 1.29 is 16.8 Å². The highest BCUT2D eigenvalue weighted by Crippen LogP contribution is 2.25. The largest absolute Gasteiger partial charge is 0.325 e. The third-order valence-electron chi connectivity index (χ3n) is 4.74. The number of hydrogen-bond donors (Lipinski definition) is 0. The van der Waals surface area contributed by atoms with Crippen molar-refractivity contribution in [1.82, 2.24) is 19.3 Å². The minimum absolute atomic E-state index is 0.0000541. The SMILES string of the molecule is CS(=O)(=O)CCn1c(Cn2nc(S(C)(=O)=O)c3ccccc32)nc2cc(Cl)ccc21. The Hall–Kier alpha value is -2.43. The monoisotopic (exact) mass is 466 g/mol. The van der Waals surface area contributed by atoms with Crippen LogP contribution in [0.1, 0.15) is 5.82 Å². The lowest BCUT2D eigenvalue weighted by Crippen LogP contribution is -2.15. The standard InChI is InChI=1S/C19H19ClN4O4S2/c1-29(25,26)10-9-23-17-8-7-13(20)11-15(17)21-18(23)12-24-16-6-4-3-5-14(16)19(22-24)30(2,27)28/h3-8,11H,9-10,12H2,1-2H3. The van der Waals surface area contributed by atoms with Crippen LogP contribution in [0.25, 0.3) is 21.9 Å². The summed E-state index contributed by atoms with van der Waals surface area (Å²) in [6.45, 7) is 0.385. The zero-order chi connectivity index (χ0) is 21.7. The average Bonchev–Trinajstić information content (AvgIpc) is 3.17. The average molecular weight is 467 g/mol. The van der Waals surface area contributed by atoms with Crippen molar-refractivity contribution in [3.63, 3.8) is 0 Å². The number of aromatic nitrogens is 4. The van der Waals surface area contributed by atoms with Gasteiger partial charge >= 0.3 is 0 Å². The second kappa shape index (κ2) is 7.36. The molecule has 0 saturated heterocycles. The minimum atomic E-state index is -3.53. The highest BCUT2D eigenvalue weighted by molar-refractivity contribution is 7.91. The molecule has 0 aliphatic heterocycles. The third kappa shape index (κ3) is 4.07. The molecule has 0 bridgehead atoms. The van der Waals surface area contributed by atoms with Crippen molar-refractivity contribution in [3.8, 4) is 0 Å². The number of rotatable bonds is 6. The summed E-state index contributed by atoms with van der Waals surface area (Å²) < 4.78 is 51.2. The number of halogens is 1. The van der Waals surface area contributed by atoms with Gasteiger partial charge in [0.15, 0.2) is 14.9 Å². The van der Waals surface area contributed by atoms with E-state index in [2.05, 4.69) is 10.1 Å². The van der Waals surface area contributed by atoms with Crippen LogP contribution in [0.5, 0.6) is 0 Å². The molecular formula is C19H19ClN4O4S2. The van der Waals surface area contributed by atoms with Crippen LogP contribution < -0.4 is 0 Å². The van der Waals surface area contributed by atoms with Crippen LogP contribution in [0.15, 0.2) is 47.5 Å².